The van der Waals surface area contributed by atoms with Crippen molar-refractivity contribution in [3.8, 4) is 0 Å². The van der Waals surface area contributed by atoms with Gasteiger partial charge in [0.2, 0.25) is 0 Å². The number of nitrogens with zero attached hydrogens (tertiary/aromatic N) is 2. The van der Waals surface area contributed by atoms with E-state index in [1.54, 1.807) is 18.3 Å². The molecule has 3 rings (SSSR count). The first kappa shape index (κ1) is 12.2. The van der Waals surface area contributed by atoms with E-state index in [1.807, 2.05) is 24.3 Å². The van der Waals surface area contributed by atoms with Crippen molar-refractivity contribution < 1.29 is 8.42 Å². The minimum atomic E-state index is -3.50. The molecular formula is C14H14N2O2S. The SMILES string of the molecule is O=S(=O)(c1cccnc1)N1CCCc2ccccc21. The van der Waals surface area contributed by atoms with Crippen LogP contribution in [-0.2, 0) is 16.4 Å². The van der Waals surface area contributed by atoms with Crippen molar-refractivity contribution in [2.24, 2.45) is 0 Å². The number of fused-ring (bicyclic) bond motifs is 1. The second kappa shape index (κ2) is 4.66. The number of hydrogen-bond donors (Lipinski definition) is 0. The highest BCUT2D eigenvalue weighted by Crippen LogP contribution is 2.31. The molecule has 2 heterocycles. The van der Waals surface area contributed by atoms with E-state index in [1.165, 1.54) is 10.5 Å². The molecule has 0 saturated carbocycles. The van der Waals surface area contributed by atoms with Gasteiger partial charge in [-0.05, 0) is 36.6 Å². The van der Waals surface area contributed by atoms with Gasteiger partial charge < -0.3 is 0 Å². The molecule has 0 bridgehead atoms. The average Bonchev–Trinajstić information content (AvgIpc) is 2.47. The Labute approximate surface area is 112 Å². The first-order chi connectivity index (χ1) is 9.19. The number of para-hydroxylation sites is 1. The van der Waals surface area contributed by atoms with Gasteiger partial charge in [-0.1, -0.05) is 18.2 Å². The predicted octanol–water partition coefficient (Wildman–Crippen LogP) is 2.22. The standard InChI is InChI=1S/C14H14N2O2S/c17-19(18,13-7-3-9-15-11-13)16-10-4-6-12-5-1-2-8-14(12)16/h1-3,5,7-9,11H,4,6,10H2. The molecule has 0 unspecified atom stereocenters. The molecule has 0 amide bonds. The van der Waals surface area contributed by atoms with E-state index in [9.17, 15) is 8.42 Å². The lowest BCUT2D eigenvalue weighted by molar-refractivity contribution is 0.586. The Morgan fingerprint density at radius 3 is 2.74 bits per heavy atom. The maximum atomic E-state index is 12.6. The Hall–Kier alpha value is -1.88. The highest BCUT2D eigenvalue weighted by Gasteiger charge is 2.28. The lowest BCUT2D eigenvalue weighted by atomic mass is 10.0. The molecule has 5 heteroatoms. The van der Waals surface area contributed by atoms with Crippen LogP contribution in [0.15, 0.2) is 53.7 Å². The number of benzene rings is 1. The highest BCUT2D eigenvalue weighted by molar-refractivity contribution is 7.92. The molecule has 19 heavy (non-hydrogen) atoms. The van der Waals surface area contributed by atoms with Crippen molar-refractivity contribution in [1.29, 1.82) is 0 Å². The number of hydrogen-bond acceptors (Lipinski definition) is 3. The topological polar surface area (TPSA) is 50.3 Å². The fourth-order valence-corrected chi connectivity index (χ4v) is 3.88. The third-order valence-corrected chi connectivity index (χ3v) is 5.09. The number of pyridine rings is 1. The first-order valence-corrected chi connectivity index (χ1v) is 7.64. The number of rotatable bonds is 2. The Balaban J connectivity index is 2.09. The van der Waals surface area contributed by atoms with Crippen LogP contribution in [0.5, 0.6) is 0 Å². The zero-order valence-electron chi connectivity index (χ0n) is 10.4. The fourth-order valence-electron chi connectivity index (χ4n) is 2.38. The Kier molecular flexibility index (Phi) is 2.98. The van der Waals surface area contributed by atoms with Crippen molar-refractivity contribution in [2.75, 3.05) is 10.8 Å². The van der Waals surface area contributed by atoms with Crippen molar-refractivity contribution in [3.05, 3.63) is 54.4 Å². The largest absolute Gasteiger partial charge is 0.266 e. The van der Waals surface area contributed by atoms with E-state index in [0.29, 0.717) is 6.54 Å². The van der Waals surface area contributed by atoms with Gasteiger partial charge in [-0.2, -0.15) is 0 Å². The predicted molar refractivity (Wildman–Crippen MR) is 73.5 cm³/mol. The molecule has 1 aromatic heterocycles. The summed E-state index contributed by atoms with van der Waals surface area (Å²) in [6, 6.07) is 10.9. The molecule has 0 fully saturated rings. The van der Waals surface area contributed by atoms with Crippen molar-refractivity contribution in [1.82, 2.24) is 4.98 Å². The van der Waals surface area contributed by atoms with E-state index >= 15 is 0 Å². The molecule has 1 aliphatic rings. The van der Waals surface area contributed by atoms with E-state index in [4.69, 9.17) is 0 Å². The molecule has 1 aromatic carbocycles. The summed E-state index contributed by atoms with van der Waals surface area (Å²) in [5, 5.41) is 0. The van der Waals surface area contributed by atoms with Crippen LogP contribution in [0.4, 0.5) is 5.69 Å². The number of aromatic nitrogens is 1. The minimum absolute atomic E-state index is 0.242. The van der Waals surface area contributed by atoms with Crippen LogP contribution in [-0.4, -0.2) is 19.9 Å². The monoisotopic (exact) mass is 274 g/mol. The molecule has 0 atom stereocenters. The highest BCUT2D eigenvalue weighted by atomic mass is 32.2. The summed E-state index contributed by atoms with van der Waals surface area (Å²) in [5.41, 5.74) is 1.87. The van der Waals surface area contributed by atoms with Crippen molar-refractivity contribution in [2.45, 2.75) is 17.7 Å². The normalized spacial score (nSPS) is 15.1. The van der Waals surface area contributed by atoms with Crippen LogP contribution in [0.1, 0.15) is 12.0 Å². The molecule has 0 aliphatic carbocycles. The first-order valence-electron chi connectivity index (χ1n) is 6.20. The summed E-state index contributed by atoms with van der Waals surface area (Å²) >= 11 is 0. The van der Waals surface area contributed by atoms with Gasteiger partial charge in [0.25, 0.3) is 10.0 Å². The van der Waals surface area contributed by atoms with Gasteiger partial charge in [0.05, 0.1) is 5.69 Å². The molecule has 0 saturated heterocycles. The van der Waals surface area contributed by atoms with Gasteiger partial charge in [-0.3, -0.25) is 9.29 Å². The quantitative estimate of drug-likeness (QED) is 0.843. The lowest BCUT2D eigenvalue weighted by Crippen LogP contribution is -2.35. The smallest absolute Gasteiger partial charge is 0.265 e. The molecule has 1 aliphatic heterocycles. The number of anilines is 1. The number of aryl methyl sites for hydroxylation is 1. The van der Waals surface area contributed by atoms with E-state index in [-0.39, 0.29) is 4.90 Å². The van der Waals surface area contributed by atoms with Gasteiger partial charge in [0, 0.05) is 18.9 Å². The van der Waals surface area contributed by atoms with Gasteiger partial charge >= 0.3 is 0 Å². The van der Waals surface area contributed by atoms with E-state index in [2.05, 4.69) is 4.98 Å². The maximum Gasteiger partial charge on any atom is 0.265 e. The minimum Gasteiger partial charge on any atom is -0.266 e. The summed E-state index contributed by atoms with van der Waals surface area (Å²) in [5.74, 6) is 0. The molecule has 0 spiro atoms. The fraction of sp³-hybridized carbons (Fsp3) is 0.214. The second-order valence-corrected chi connectivity index (χ2v) is 6.36. The molecule has 0 N–H and O–H groups in total. The third kappa shape index (κ3) is 2.10. The summed E-state index contributed by atoms with van der Waals surface area (Å²) in [4.78, 5) is 4.14. The van der Waals surface area contributed by atoms with Crippen LogP contribution in [0.25, 0.3) is 0 Å². The van der Waals surface area contributed by atoms with Crippen molar-refractivity contribution in [3.63, 3.8) is 0 Å². The molecule has 4 nitrogen and oxygen atoms in total. The maximum absolute atomic E-state index is 12.6. The van der Waals surface area contributed by atoms with Crippen LogP contribution in [0.3, 0.4) is 0 Å². The molecule has 98 valence electrons. The summed E-state index contributed by atoms with van der Waals surface area (Å²) in [6.07, 6.45) is 4.74. The Morgan fingerprint density at radius 1 is 1.11 bits per heavy atom. The van der Waals surface area contributed by atoms with Crippen LogP contribution in [0.2, 0.25) is 0 Å². The molecule has 2 aromatic rings. The zero-order chi connectivity index (χ0) is 13.3. The van der Waals surface area contributed by atoms with Crippen LogP contribution >= 0.6 is 0 Å². The second-order valence-electron chi connectivity index (χ2n) is 4.50. The summed E-state index contributed by atoms with van der Waals surface area (Å²) in [7, 11) is -3.50. The third-order valence-electron chi connectivity index (χ3n) is 3.29. The van der Waals surface area contributed by atoms with Gasteiger partial charge in [-0.25, -0.2) is 8.42 Å². The van der Waals surface area contributed by atoms with E-state index < -0.39 is 10.0 Å². The van der Waals surface area contributed by atoms with Crippen LogP contribution < -0.4 is 4.31 Å². The summed E-state index contributed by atoms with van der Waals surface area (Å²) in [6.45, 7) is 0.522. The number of sulfonamides is 1. The van der Waals surface area contributed by atoms with E-state index in [0.717, 1.165) is 24.1 Å². The molecule has 0 radical (unpaired) electrons. The van der Waals surface area contributed by atoms with Gasteiger partial charge in [0.15, 0.2) is 0 Å². The zero-order valence-corrected chi connectivity index (χ0v) is 11.2. The van der Waals surface area contributed by atoms with Gasteiger partial charge in [0.1, 0.15) is 4.90 Å². The Morgan fingerprint density at radius 2 is 1.95 bits per heavy atom. The van der Waals surface area contributed by atoms with Gasteiger partial charge in [-0.15, -0.1) is 0 Å². The molecular weight excluding hydrogens is 260 g/mol. The van der Waals surface area contributed by atoms with Crippen molar-refractivity contribution >= 4 is 15.7 Å². The Bertz CT molecular complexity index is 684. The lowest BCUT2D eigenvalue weighted by Gasteiger charge is -2.30. The average molecular weight is 274 g/mol. The van der Waals surface area contributed by atoms with Crippen LogP contribution in [0, 0.1) is 0 Å². The summed E-state index contributed by atoms with van der Waals surface area (Å²) < 4.78 is 26.8.